The van der Waals surface area contributed by atoms with E-state index in [-0.39, 0.29) is 12.5 Å². The number of aromatic nitrogens is 1. The van der Waals surface area contributed by atoms with E-state index in [9.17, 15) is 4.79 Å². The van der Waals surface area contributed by atoms with Crippen molar-refractivity contribution in [3.63, 3.8) is 0 Å². The van der Waals surface area contributed by atoms with Crippen molar-refractivity contribution >= 4 is 5.97 Å². The number of rotatable bonds is 5. The summed E-state index contributed by atoms with van der Waals surface area (Å²) in [4.78, 5) is 13.8. The number of carbonyl (C=O) groups excluding carboxylic acids is 1. The predicted molar refractivity (Wildman–Crippen MR) is 49.1 cm³/mol. The van der Waals surface area contributed by atoms with Gasteiger partial charge in [-0.1, -0.05) is 0 Å². The first-order valence-corrected chi connectivity index (χ1v) is 4.31. The quantitative estimate of drug-likeness (QED) is 0.658. The van der Waals surface area contributed by atoms with Gasteiger partial charge in [-0.3, -0.25) is 4.79 Å². The van der Waals surface area contributed by atoms with Gasteiger partial charge in [0.1, 0.15) is 0 Å². The van der Waals surface area contributed by atoms with E-state index in [1.54, 1.807) is 6.92 Å². The minimum atomic E-state index is -0.210. The van der Waals surface area contributed by atoms with Gasteiger partial charge in [0.2, 0.25) is 0 Å². The van der Waals surface area contributed by atoms with Crippen LogP contribution in [-0.2, 0) is 16.1 Å². The van der Waals surface area contributed by atoms with Gasteiger partial charge in [-0.05, 0) is 18.6 Å². The molecule has 0 aromatic carbocycles. The summed E-state index contributed by atoms with van der Waals surface area (Å²) < 4.78 is 4.75. The van der Waals surface area contributed by atoms with Crippen molar-refractivity contribution in [1.29, 1.82) is 0 Å². The molecule has 0 aliphatic carbocycles. The lowest BCUT2D eigenvalue weighted by atomic mass is 10.3. The molecule has 0 spiro atoms. The number of aromatic amines is 1. The fourth-order valence-electron chi connectivity index (χ4n) is 0.989. The van der Waals surface area contributed by atoms with Crippen molar-refractivity contribution < 1.29 is 9.53 Å². The normalized spacial score (nSPS) is 9.92. The molecule has 1 heterocycles. The molecule has 2 N–H and O–H groups in total. The van der Waals surface area contributed by atoms with E-state index >= 15 is 0 Å². The lowest BCUT2D eigenvalue weighted by molar-refractivity contribution is -0.142. The molecule has 0 unspecified atom stereocenters. The Bertz CT molecular complexity index is 244. The van der Waals surface area contributed by atoms with Crippen LogP contribution in [0, 0.1) is 0 Å². The fraction of sp³-hybridized carbons (Fsp3) is 0.444. The third-order valence-electron chi connectivity index (χ3n) is 1.57. The summed E-state index contributed by atoms with van der Waals surface area (Å²) in [5.41, 5.74) is 1.13. The Morgan fingerprint density at radius 3 is 3.15 bits per heavy atom. The number of ether oxygens (including phenoxy) is 1. The lowest BCUT2D eigenvalue weighted by Crippen LogP contribution is -2.24. The van der Waals surface area contributed by atoms with Gasteiger partial charge in [-0.15, -0.1) is 0 Å². The van der Waals surface area contributed by atoms with Crippen molar-refractivity contribution in [3.8, 4) is 0 Å². The molecule has 72 valence electrons. The minimum absolute atomic E-state index is 0.210. The van der Waals surface area contributed by atoms with E-state index in [2.05, 4.69) is 10.3 Å². The van der Waals surface area contributed by atoms with Crippen molar-refractivity contribution in [1.82, 2.24) is 10.3 Å². The first-order valence-electron chi connectivity index (χ1n) is 4.31. The smallest absolute Gasteiger partial charge is 0.319 e. The van der Waals surface area contributed by atoms with E-state index in [0.717, 1.165) is 5.56 Å². The lowest BCUT2D eigenvalue weighted by Gasteiger charge is -2.02. The Hall–Kier alpha value is -1.29. The first kappa shape index (κ1) is 9.80. The number of carbonyl (C=O) groups is 1. The van der Waals surface area contributed by atoms with Crippen LogP contribution < -0.4 is 5.32 Å². The molecular weight excluding hydrogens is 168 g/mol. The van der Waals surface area contributed by atoms with Crippen LogP contribution in [0.4, 0.5) is 0 Å². The number of nitrogens with one attached hydrogen (secondary N) is 2. The predicted octanol–water partition coefficient (Wildman–Crippen LogP) is 0.667. The van der Waals surface area contributed by atoms with Gasteiger partial charge < -0.3 is 15.0 Å². The highest BCUT2D eigenvalue weighted by Gasteiger charge is 1.99. The zero-order chi connectivity index (χ0) is 9.52. The molecule has 1 rings (SSSR count). The van der Waals surface area contributed by atoms with Gasteiger partial charge in [0.05, 0.1) is 13.2 Å². The highest BCUT2D eigenvalue weighted by molar-refractivity contribution is 5.71. The van der Waals surface area contributed by atoms with Gasteiger partial charge in [0, 0.05) is 18.9 Å². The fourth-order valence-corrected chi connectivity index (χ4v) is 0.989. The van der Waals surface area contributed by atoms with Gasteiger partial charge in [-0.2, -0.15) is 0 Å². The third kappa shape index (κ3) is 3.75. The van der Waals surface area contributed by atoms with E-state index in [4.69, 9.17) is 4.74 Å². The van der Waals surface area contributed by atoms with E-state index < -0.39 is 0 Å². The maximum absolute atomic E-state index is 10.9. The highest BCUT2D eigenvalue weighted by Crippen LogP contribution is 1.94. The van der Waals surface area contributed by atoms with E-state index in [1.807, 2.05) is 18.5 Å². The maximum Gasteiger partial charge on any atom is 0.319 e. The molecular formula is C9H14N2O2. The summed E-state index contributed by atoms with van der Waals surface area (Å²) in [7, 11) is 0. The highest BCUT2D eigenvalue weighted by atomic mass is 16.5. The van der Waals surface area contributed by atoms with E-state index in [0.29, 0.717) is 13.2 Å². The van der Waals surface area contributed by atoms with Gasteiger partial charge in [0.25, 0.3) is 0 Å². The third-order valence-corrected chi connectivity index (χ3v) is 1.57. The topological polar surface area (TPSA) is 54.1 Å². The second kappa shape index (κ2) is 5.37. The molecule has 13 heavy (non-hydrogen) atoms. The monoisotopic (exact) mass is 182 g/mol. The zero-order valence-electron chi connectivity index (χ0n) is 7.67. The molecule has 4 nitrogen and oxygen atoms in total. The average molecular weight is 182 g/mol. The molecule has 0 aliphatic rings. The van der Waals surface area contributed by atoms with Crippen LogP contribution in [0.5, 0.6) is 0 Å². The molecule has 4 heteroatoms. The summed E-state index contributed by atoms with van der Waals surface area (Å²) >= 11 is 0. The Morgan fingerprint density at radius 1 is 1.69 bits per heavy atom. The standard InChI is InChI=1S/C9H14N2O2/c1-2-13-9(12)7-11-6-8-3-4-10-5-8/h3-5,10-11H,2,6-7H2,1H3. The molecule has 0 aliphatic heterocycles. The van der Waals surface area contributed by atoms with Crippen LogP contribution in [0.2, 0.25) is 0 Å². The van der Waals surface area contributed by atoms with Crippen LogP contribution in [-0.4, -0.2) is 24.1 Å². The average Bonchev–Trinajstić information content (AvgIpc) is 2.57. The number of H-pyrrole nitrogens is 1. The zero-order valence-corrected chi connectivity index (χ0v) is 7.67. The van der Waals surface area contributed by atoms with Crippen LogP contribution in [0.3, 0.4) is 0 Å². The van der Waals surface area contributed by atoms with Crippen molar-refractivity contribution in [2.45, 2.75) is 13.5 Å². The van der Waals surface area contributed by atoms with Crippen LogP contribution in [0.1, 0.15) is 12.5 Å². The van der Waals surface area contributed by atoms with Crippen molar-refractivity contribution in [2.75, 3.05) is 13.2 Å². The summed E-state index contributed by atoms with van der Waals surface area (Å²) in [6, 6.07) is 1.96. The molecule has 0 saturated carbocycles. The molecule has 1 aromatic heterocycles. The number of hydrogen-bond acceptors (Lipinski definition) is 3. The molecule has 0 amide bonds. The molecule has 0 bridgehead atoms. The molecule has 0 saturated heterocycles. The maximum atomic E-state index is 10.9. The second-order valence-corrected chi connectivity index (χ2v) is 2.63. The molecule has 0 fully saturated rings. The van der Waals surface area contributed by atoms with Crippen LogP contribution in [0.15, 0.2) is 18.5 Å². The Morgan fingerprint density at radius 2 is 2.54 bits per heavy atom. The number of hydrogen-bond donors (Lipinski definition) is 2. The summed E-state index contributed by atoms with van der Waals surface area (Å²) in [5.74, 6) is -0.210. The summed E-state index contributed by atoms with van der Waals surface area (Å²) in [5, 5.41) is 2.98. The van der Waals surface area contributed by atoms with Gasteiger partial charge in [0.15, 0.2) is 0 Å². The largest absolute Gasteiger partial charge is 0.465 e. The van der Waals surface area contributed by atoms with Crippen LogP contribution in [0.25, 0.3) is 0 Å². The Balaban J connectivity index is 2.11. The second-order valence-electron chi connectivity index (χ2n) is 2.63. The Labute approximate surface area is 77.3 Å². The van der Waals surface area contributed by atoms with Crippen molar-refractivity contribution in [3.05, 3.63) is 24.0 Å². The Kier molecular flexibility index (Phi) is 4.05. The number of esters is 1. The first-order chi connectivity index (χ1) is 6.33. The minimum Gasteiger partial charge on any atom is -0.465 e. The molecule has 0 atom stereocenters. The molecule has 1 aromatic rings. The summed E-state index contributed by atoms with van der Waals surface area (Å²) in [6.45, 7) is 3.18. The van der Waals surface area contributed by atoms with Gasteiger partial charge >= 0.3 is 5.97 Å². The SMILES string of the molecule is CCOC(=O)CNCc1cc[nH]c1. The molecule has 0 radical (unpaired) electrons. The van der Waals surface area contributed by atoms with Crippen LogP contribution >= 0.6 is 0 Å². The van der Waals surface area contributed by atoms with E-state index in [1.165, 1.54) is 0 Å². The van der Waals surface area contributed by atoms with Gasteiger partial charge in [-0.25, -0.2) is 0 Å². The van der Waals surface area contributed by atoms with Crippen molar-refractivity contribution in [2.24, 2.45) is 0 Å². The summed E-state index contributed by atoms with van der Waals surface area (Å²) in [6.07, 6.45) is 3.74.